The smallest absolute Gasteiger partial charge is 0.744 e. The summed E-state index contributed by atoms with van der Waals surface area (Å²) in [4.78, 5) is -0.0266. The number of fused-ring (bicyclic) bond motifs is 1. The first-order valence-electron chi connectivity index (χ1n) is 15.0. The molecule has 3 nitrogen and oxygen atoms in total. The Hall–Kier alpha value is -0.390. The van der Waals surface area contributed by atoms with E-state index in [2.05, 4.69) is 32.0 Å². The predicted octanol–water partition coefficient (Wildman–Crippen LogP) is 6.89. The first-order chi connectivity index (χ1) is 17.5. The van der Waals surface area contributed by atoms with Gasteiger partial charge in [-0.3, -0.25) is 0 Å². The maximum atomic E-state index is 12.0. The fourth-order valence-electron chi connectivity index (χ4n) is 5.32. The Morgan fingerprint density at radius 3 is 1.54 bits per heavy atom. The standard InChI is InChI=1S/C32H52O3S.Na/c1-3-5-7-9-11-13-15-17-19-21-28-23-25-30-29(27-28)24-26-32(36(33,34)35)31(30)22-20-18-16-14-12-10-8-6-4-2;/h23-27H,3-22H2,1-2H3,(H,33,34,35);/q;+1/p-1. The van der Waals surface area contributed by atoms with E-state index in [-0.39, 0.29) is 34.5 Å². The van der Waals surface area contributed by atoms with E-state index in [9.17, 15) is 13.0 Å². The normalized spacial score (nSPS) is 11.6. The fraction of sp³-hybridized carbons (Fsp3) is 0.688. The summed E-state index contributed by atoms with van der Waals surface area (Å²) in [7, 11) is -4.48. The van der Waals surface area contributed by atoms with Crippen LogP contribution in [0.25, 0.3) is 10.8 Å². The van der Waals surface area contributed by atoms with Crippen LogP contribution >= 0.6 is 0 Å². The molecule has 0 aliphatic rings. The molecule has 0 saturated carbocycles. The van der Waals surface area contributed by atoms with Crippen LogP contribution in [-0.4, -0.2) is 13.0 Å². The Morgan fingerprint density at radius 2 is 1.05 bits per heavy atom. The van der Waals surface area contributed by atoms with E-state index >= 15 is 0 Å². The van der Waals surface area contributed by atoms with Gasteiger partial charge >= 0.3 is 29.6 Å². The second-order valence-electron chi connectivity index (χ2n) is 10.7. The number of unbranched alkanes of at least 4 members (excludes halogenated alkanes) is 16. The second-order valence-corrected chi connectivity index (χ2v) is 12.1. The molecule has 204 valence electrons. The largest absolute Gasteiger partial charge is 1.00 e. The van der Waals surface area contributed by atoms with Gasteiger partial charge in [-0.1, -0.05) is 141 Å². The molecule has 0 spiro atoms. The van der Waals surface area contributed by atoms with Crippen LogP contribution in [0, 0.1) is 0 Å². The molecule has 0 heterocycles. The predicted molar refractivity (Wildman–Crippen MR) is 154 cm³/mol. The Balaban J connectivity index is 0.00000684. The number of hydrogen-bond acceptors (Lipinski definition) is 3. The molecule has 0 saturated heterocycles. The number of rotatable bonds is 21. The van der Waals surface area contributed by atoms with Gasteiger partial charge in [0.05, 0.1) is 4.90 Å². The fourth-order valence-corrected chi connectivity index (χ4v) is 6.07. The van der Waals surface area contributed by atoms with Gasteiger partial charge in [-0.2, -0.15) is 0 Å². The van der Waals surface area contributed by atoms with Crippen molar-refractivity contribution in [2.75, 3.05) is 0 Å². The molecule has 0 aromatic heterocycles. The second kappa shape index (κ2) is 20.5. The van der Waals surface area contributed by atoms with Crippen molar-refractivity contribution in [3.05, 3.63) is 41.5 Å². The van der Waals surface area contributed by atoms with Gasteiger partial charge in [0.25, 0.3) is 0 Å². The maximum Gasteiger partial charge on any atom is 1.00 e. The topological polar surface area (TPSA) is 57.2 Å². The van der Waals surface area contributed by atoms with Crippen molar-refractivity contribution in [1.82, 2.24) is 0 Å². The van der Waals surface area contributed by atoms with Gasteiger partial charge in [0.1, 0.15) is 10.1 Å². The molecular formula is C32H51NaO3S. The third kappa shape index (κ3) is 14.0. The van der Waals surface area contributed by atoms with E-state index in [0.29, 0.717) is 6.42 Å². The molecule has 0 radical (unpaired) electrons. The summed E-state index contributed by atoms with van der Waals surface area (Å²) in [6.07, 6.45) is 24.6. The SMILES string of the molecule is CCCCCCCCCCCc1ccc2c(CCCCCCCCCCC)c(S(=O)(=O)[O-])ccc2c1.[Na+]. The quantitative estimate of drug-likeness (QED) is 0.0987. The van der Waals surface area contributed by atoms with Crippen LogP contribution in [0.2, 0.25) is 0 Å². The molecule has 0 bridgehead atoms. The molecule has 37 heavy (non-hydrogen) atoms. The summed E-state index contributed by atoms with van der Waals surface area (Å²) in [6, 6.07) is 9.74. The minimum atomic E-state index is -4.48. The maximum absolute atomic E-state index is 12.0. The van der Waals surface area contributed by atoms with E-state index in [1.54, 1.807) is 0 Å². The Labute approximate surface area is 250 Å². The van der Waals surface area contributed by atoms with Gasteiger partial charge in [0, 0.05) is 0 Å². The van der Waals surface area contributed by atoms with Gasteiger partial charge in [-0.15, -0.1) is 0 Å². The Bertz CT molecular complexity index is 971. The zero-order valence-electron chi connectivity index (χ0n) is 24.2. The first-order valence-corrected chi connectivity index (χ1v) is 16.4. The summed E-state index contributed by atoms with van der Waals surface area (Å²) in [5.74, 6) is 0. The zero-order valence-corrected chi connectivity index (χ0v) is 27.0. The van der Waals surface area contributed by atoms with Gasteiger partial charge in [-0.25, -0.2) is 8.42 Å². The van der Waals surface area contributed by atoms with Crippen molar-refractivity contribution in [3.63, 3.8) is 0 Å². The molecule has 2 aromatic carbocycles. The van der Waals surface area contributed by atoms with E-state index in [1.165, 1.54) is 114 Å². The minimum Gasteiger partial charge on any atom is -0.744 e. The molecule has 0 aliphatic heterocycles. The van der Waals surface area contributed by atoms with E-state index in [1.807, 2.05) is 6.07 Å². The average Bonchev–Trinajstić information content (AvgIpc) is 2.85. The molecule has 0 unspecified atom stereocenters. The van der Waals surface area contributed by atoms with Crippen LogP contribution < -0.4 is 29.6 Å². The van der Waals surface area contributed by atoms with Crippen molar-refractivity contribution in [1.29, 1.82) is 0 Å². The molecule has 5 heteroatoms. The van der Waals surface area contributed by atoms with Crippen LogP contribution in [-0.2, 0) is 23.0 Å². The average molecular weight is 539 g/mol. The summed E-state index contributed by atoms with van der Waals surface area (Å²) in [5.41, 5.74) is 2.03. The molecular weight excluding hydrogens is 487 g/mol. The number of aryl methyl sites for hydroxylation is 2. The van der Waals surface area contributed by atoms with Gasteiger partial charge in [0.2, 0.25) is 0 Å². The van der Waals surface area contributed by atoms with E-state index in [4.69, 9.17) is 0 Å². The molecule has 0 aliphatic carbocycles. The zero-order chi connectivity index (χ0) is 26.1. The summed E-state index contributed by atoms with van der Waals surface area (Å²) < 4.78 is 35.9. The van der Waals surface area contributed by atoms with Crippen LogP contribution in [0.1, 0.15) is 141 Å². The molecule has 2 rings (SSSR count). The number of benzene rings is 2. The first kappa shape index (κ1) is 34.6. The Kier molecular flexibility index (Phi) is 19.2. The van der Waals surface area contributed by atoms with Crippen LogP contribution in [0.4, 0.5) is 0 Å². The van der Waals surface area contributed by atoms with Crippen LogP contribution in [0.5, 0.6) is 0 Å². The van der Waals surface area contributed by atoms with Crippen LogP contribution in [0.3, 0.4) is 0 Å². The van der Waals surface area contributed by atoms with Crippen molar-refractivity contribution in [3.8, 4) is 0 Å². The van der Waals surface area contributed by atoms with Crippen molar-refractivity contribution < 1.29 is 42.5 Å². The van der Waals surface area contributed by atoms with Crippen molar-refractivity contribution >= 4 is 20.9 Å². The third-order valence-electron chi connectivity index (χ3n) is 7.52. The van der Waals surface area contributed by atoms with E-state index < -0.39 is 10.1 Å². The molecule has 0 amide bonds. The molecule has 2 aromatic rings. The Morgan fingerprint density at radius 1 is 0.595 bits per heavy atom. The summed E-state index contributed by atoms with van der Waals surface area (Å²) in [6.45, 7) is 4.50. The van der Waals surface area contributed by atoms with E-state index in [0.717, 1.165) is 35.6 Å². The molecule has 0 N–H and O–H groups in total. The van der Waals surface area contributed by atoms with Gasteiger partial charge in [-0.05, 0) is 53.6 Å². The molecule has 0 fully saturated rings. The summed E-state index contributed by atoms with van der Waals surface area (Å²) >= 11 is 0. The monoisotopic (exact) mass is 538 g/mol. The van der Waals surface area contributed by atoms with Crippen LogP contribution in [0.15, 0.2) is 35.2 Å². The summed E-state index contributed by atoms with van der Waals surface area (Å²) in [5, 5.41) is 1.99. The van der Waals surface area contributed by atoms with Gasteiger partial charge in [0.15, 0.2) is 0 Å². The molecule has 0 atom stereocenters. The minimum absolute atomic E-state index is 0. The third-order valence-corrected chi connectivity index (χ3v) is 8.44. The van der Waals surface area contributed by atoms with Gasteiger partial charge < -0.3 is 4.55 Å². The number of hydrogen-bond donors (Lipinski definition) is 0. The van der Waals surface area contributed by atoms with Crippen molar-refractivity contribution in [2.24, 2.45) is 0 Å². The van der Waals surface area contributed by atoms with Crippen molar-refractivity contribution in [2.45, 2.75) is 147 Å².